The van der Waals surface area contributed by atoms with Crippen molar-refractivity contribution in [2.45, 2.75) is 20.3 Å². The lowest BCUT2D eigenvalue weighted by molar-refractivity contribution is 1.01. The number of guanidine groups is 1. The highest BCUT2D eigenvalue weighted by Crippen LogP contribution is 2.28. The van der Waals surface area contributed by atoms with E-state index in [2.05, 4.69) is 60.1 Å². The lowest BCUT2D eigenvalue weighted by Gasteiger charge is -2.18. The number of hydrogen-bond acceptors (Lipinski definition) is 1. The summed E-state index contributed by atoms with van der Waals surface area (Å²) < 4.78 is 0. The molecule has 1 aliphatic rings. The molecule has 0 bridgehead atoms. The number of para-hydroxylation sites is 1. The van der Waals surface area contributed by atoms with Gasteiger partial charge in [-0.15, -0.1) is 0 Å². The van der Waals surface area contributed by atoms with Crippen LogP contribution in [0.25, 0.3) is 0 Å². The van der Waals surface area contributed by atoms with E-state index in [1.165, 1.54) is 16.8 Å². The molecule has 0 spiro atoms. The van der Waals surface area contributed by atoms with E-state index >= 15 is 0 Å². The zero-order chi connectivity index (χ0) is 14.1. The molecule has 0 fully saturated rings. The fourth-order valence-corrected chi connectivity index (χ4v) is 2.60. The predicted octanol–water partition coefficient (Wildman–Crippen LogP) is 3.31. The molecule has 1 aliphatic heterocycles. The average molecular weight is 265 g/mol. The Kier molecular flexibility index (Phi) is 3.18. The summed E-state index contributed by atoms with van der Waals surface area (Å²) in [7, 11) is 0. The van der Waals surface area contributed by atoms with E-state index in [1.807, 2.05) is 6.07 Å². The summed E-state index contributed by atoms with van der Waals surface area (Å²) in [6.07, 6.45) is 1.03. The summed E-state index contributed by atoms with van der Waals surface area (Å²) in [5, 5.41) is 0. The topological polar surface area (TPSA) is 41.6 Å². The van der Waals surface area contributed by atoms with Crippen LogP contribution in [0.1, 0.15) is 16.7 Å². The summed E-state index contributed by atoms with van der Waals surface area (Å²) >= 11 is 0. The quantitative estimate of drug-likeness (QED) is 0.635. The third-order valence-electron chi connectivity index (χ3n) is 3.76. The third kappa shape index (κ3) is 2.27. The van der Waals surface area contributed by atoms with E-state index in [0.717, 1.165) is 24.2 Å². The number of rotatable bonds is 1. The van der Waals surface area contributed by atoms with Crippen LogP contribution >= 0.6 is 0 Å². The van der Waals surface area contributed by atoms with Crippen LogP contribution in [-0.2, 0) is 6.42 Å². The second-order valence-electron chi connectivity index (χ2n) is 5.29. The molecular weight excluding hydrogens is 246 g/mol. The van der Waals surface area contributed by atoms with E-state index in [1.54, 1.807) is 0 Å². The zero-order valence-electron chi connectivity index (χ0n) is 11.9. The summed E-state index contributed by atoms with van der Waals surface area (Å²) in [4.78, 5) is 6.71. The monoisotopic (exact) mass is 265 g/mol. The highest BCUT2D eigenvalue weighted by Gasteiger charge is 2.21. The van der Waals surface area contributed by atoms with Crippen LogP contribution in [0.3, 0.4) is 0 Å². The van der Waals surface area contributed by atoms with Crippen molar-refractivity contribution < 1.29 is 0 Å². The standard InChI is InChI=1S/C17H19N3/c1-12-7-8-13(2)15(11-12)19-17(18)20-10-9-14-5-3-4-6-16(14)20/h3-8,11H,9-10H2,1-2H3,(H2,18,19). The molecule has 0 saturated heterocycles. The number of anilines is 1. The summed E-state index contributed by atoms with van der Waals surface area (Å²) in [6.45, 7) is 5.03. The maximum absolute atomic E-state index is 6.22. The van der Waals surface area contributed by atoms with E-state index in [4.69, 9.17) is 5.73 Å². The number of aryl methyl sites for hydroxylation is 2. The van der Waals surface area contributed by atoms with E-state index in [0.29, 0.717) is 5.96 Å². The first kappa shape index (κ1) is 12.7. The maximum Gasteiger partial charge on any atom is 0.201 e. The normalized spacial score (nSPS) is 14.5. The molecule has 0 amide bonds. The molecule has 0 atom stereocenters. The first-order valence-corrected chi connectivity index (χ1v) is 6.92. The van der Waals surface area contributed by atoms with Crippen LogP contribution in [0.5, 0.6) is 0 Å². The SMILES string of the molecule is Cc1ccc(C)c(N=C(N)N2CCc3ccccc32)c1. The Morgan fingerprint density at radius 3 is 2.80 bits per heavy atom. The zero-order valence-corrected chi connectivity index (χ0v) is 11.9. The number of aliphatic imine (C=N–C) groups is 1. The molecule has 1 heterocycles. The van der Waals surface area contributed by atoms with Crippen LogP contribution in [0.4, 0.5) is 11.4 Å². The molecule has 3 nitrogen and oxygen atoms in total. The first-order valence-electron chi connectivity index (χ1n) is 6.92. The molecule has 0 unspecified atom stereocenters. The first-order chi connectivity index (χ1) is 9.65. The van der Waals surface area contributed by atoms with Crippen molar-refractivity contribution in [1.29, 1.82) is 0 Å². The van der Waals surface area contributed by atoms with E-state index in [-0.39, 0.29) is 0 Å². The molecule has 102 valence electrons. The Morgan fingerprint density at radius 1 is 1.15 bits per heavy atom. The smallest absolute Gasteiger partial charge is 0.201 e. The average Bonchev–Trinajstić information content (AvgIpc) is 2.87. The highest BCUT2D eigenvalue weighted by atomic mass is 15.3. The molecule has 0 aromatic heterocycles. The van der Waals surface area contributed by atoms with Gasteiger partial charge in [0.2, 0.25) is 5.96 Å². The molecule has 3 heteroatoms. The molecule has 20 heavy (non-hydrogen) atoms. The van der Waals surface area contributed by atoms with Gasteiger partial charge in [0.1, 0.15) is 0 Å². The second kappa shape index (κ2) is 5.00. The summed E-state index contributed by atoms with van der Waals surface area (Å²) in [5.41, 5.74) is 12.0. The van der Waals surface area contributed by atoms with E-state index in [9.17, 15) is 0 Å². The lowest BCUT2D eigenvalue weighted by Crippen LogP contribution is -2.35. The van der Waals surface area contributed by atoms with Gasteiger partial charge in [0.05, 0.1) is 5.69 Å². The molecule has 0 saturated carbocycles. The van der Waals surface area contributed by atoms with Gasteiger partial charge in [0, 0.05) is 12.2 Å². The van der Waals surface area contributed by atoms with Crippen molar-refractivity contribution in [3.63, 3.8) is 0 Å². The van der Waals surface area contributed by atoms with Crippen molar-refractivity contribution in [3.8, 4) is 0 Å². The van der Waals surface area contributed by atoms with Gasteiger partial charge in [0.25, 0.3) is 0 Å². The van der Waals surface area contributed by atoms with Gasteiger partial charge in [0.15, 0.2) is 0 Å². The molecule has 0 radical (unpaired) electrons. The van der Waals surface area contributed by atoms with Gasteiger partial charge in [-0.25, -0.2) is 4.99 Å². The molecule has 2 aromatic carbocycles. The van der Waals surface area contributed by atoms with Crippen molar-refractivity contribution in [1.82, 2.24) is 0 Å². The maximum atomic E-state index is 6.22. The highest BCUT2D eigenvalue weighted by molar-refractivity contribution is 5.98. The molecule has 3 rings (SSSR count). The number of benzene rings is 2. The largest absolute Gasteiger partial charge is 0.369 e. The molecular formula is C17H19N3. The van der Waals surface area contributed by atoms with Crippen LogP contribution in [0.2, 0.25) is 0 Å². The second-order valence-corrected chi connectivity index (χ2v) is 5.29. The molecule has 0 aliphatic carbocycles. The van der Waals surface area contributed by atoms with Crippen LogP contribution in [0, 0.1) is 13.8 Å². The van der Waals surface area contributed by atoms with Gasteiger partial charge in [-0.2, -0.15) is 0 Å². The minimum atomic E-state index is 0.573. The van der Waals surface area contributed by atoms with E-state index < -0.39 is 0 Å². The van der Waals surface area contributed by atoms with Gasteiger partial charge >= 0.3 is 0 Å². The number of nitrogens with two attached hydrogens (primary N) is 1. The summed E-state index contributed by atoms with van der Waals surface area (Å²) in [5.74, 6) is 0.573. The number of fused-ring (bicyclic) bond motifs is 1. The number of hydrogen-bond donors (Lipinski definition) is 1. The van der Waals surface area contributed by atoms with Crippen molar-refractivity contribution >= 4 is 17.3 Å². The Balaban J connectivity index is 1.95. The minimum absolute atomic E-state index is 0.573. The Hall–Kier alpha value is -2.29. The minimum Gasteiger partial charge on any atom is -0.369 e. The van der Waals surface area contributed by atoms with Crippen molar-refractivity contribution in [2.24, 2.45) is 10.7 Å². The van der Waals surface area contributed by atoms with Gasteiger partial charge in [-0.1, -0.05) is 30.3 Å². The third-order valence-corrected chi connectivity index (χ3v) is 3.76. The number of nitrogens with zero attached hydrogens (tertiary/aromatic N) is 2. The fraction of sp³-hybridized carbons (Fsp3) is 0.235. The fourth-order valence-electron chi connectivity index (χ4n) is 2.60. The Bertz CT molecular complexity index is 674. The Labute approximate surface area is 119 Å². The van der Waals surface area contributed by atoms with Gasteiger partial charge < -0.3 is 10.6 Å². The molecule has 2 N–H and O–H groups in total. The van der Waals surface area contributed by atoms with Crippen molar-refractivity contribution in [2.75, 3.05) is 11.4 Å². The van der Waals surface area contributed by atoms with Gasteiger partial charge in [-0.3, -0.25) is 0 Å². The predicted molar refractivity (Wildman–Crippen MR) is 84.7 cm³/mol. The Morgan fingerprint density at radius 2 is 1.95 bits per heavy atom. The lowest BCUT2D eigenvalue weighted by atomic mass is 10.1. The van der Waals surface area contributed by atoms with Crippen molar-refractivity contribution in [3.05, 3.63) is 59.2 Å². The van der Waals surface area contributed by atoms with Crippen LogP contribution in [0.15, 0.2) is 47.5 Å². The van der Waals surface area contributed by atoms with Crippen LogP contribution < -0.4 is 10.6 Å². The summed E-state index contributed by atoms with van der Waals surface area (Å²) in [6, 6.07) is 14.6. The van der Waals surface area contributed by atoms with Gasteiger partial charge in [-0.05, 0) is 49.1 Å². The van der Waals surface area contributed by atoms with Crippen LogP contribution in [-0.4, -0.2) is 12.5 Å². The molecule has 2 aromatic rings.